The average Bonchev–Trinajstić information content (AvgIpc) is 2.98. The minimum atomic E-state index is -4.53. The van der Waals surface area contributed by atoms with Crippen molar-refractivity contribution in [3.63, 3.8) is 0 Å². The molecule has 9 heteroatoms. The predicted octanol–water partition coefficient (Wildman–Crippen LogP) is 3.80. The third kappa shape index (κ3) is 2.70. The first-order valence-corrected chi connectivity index (χ1v) is 6.83. The fraction of sp³-hybridized carbons (Fsp3) is 0.214. The Kier molecular flexibility index (Phi) is 3.63. The van der Waals surface area contributed by atoms with Crippen LogP contribution in [-0.4, -0.2) is 26.9 Å². The van der Waals surface area contributed by atoms with Crippen LogP contribution in [0.2, 0.25) is 5.02 Å². The Labute approximate surface area is 133 Å². The van der Waals surface area contributed by atoms with Gasteiger partial charge in [0.05, 0.1) is 18.3 Å². The van der Waals surface area contributed by atoms with Crippen LogP contribution in [0.4, 0.5) is 13.2 Å². The third-order valence-corrected chi connectivity index (χ3v) is 3.62. The second-order valence-electron chi connectivity index (χ2n) is 4.73. The molecule has 0 radical (unpaired) electrons. The first-order chi connectivity index (χ1) is 10.8. The number of aryl methyl sites for hydroxylation is 1. The molecule has 0 saturated heterocycles. The Morgan fingerprint density at radius 3 is 2.52 bits per heavy atom. The second-order valence-corrected chi connectivity index (χ2v) is 5.11. The van der Waals surface area contributed by atoms with E-state index in [2.05, 4.69) is 15.1 Å². The fourth-order valence-corrected chi connectivity index (χ4v) is 2.41. The van der Waals surface area contributed by atoms with Crippen molar-refractivity contribution in [2.75, 3.05) is 7.11 Å². The van der Waals surface area contributed by atoms with Gasteiger partial charge in [-0.05, 0) is 25.1 Å². The maximum Gasteiger partial charge on any atom is 0.435 e. The summed E-state index contributed by atoms with van der Waals surface area (Å²) in [6.45, 7) is 1.71. The van der Waals surface area contributed by atoms with E-state index in [-0.39, 0.29) is 11.0 Å². The number of hydrogen-bond acceptors (Lipinski definition) is 4. The fourth-order valence-electron chi connectivity index (χ4n) is 2.13. The van der Waals surface area contributed by atoms with Gasteiger partial charge in [-0.3, -0.25) is 0 Å². The lowest BCUT2D eigenvalue weighted by molar-refractivity contribution is -0.141. The van der Waals surface area contributed by atoms with E-state index in [9.17, 15) is 13.2 Å². The van der Waals surface area contributed by atoms with Gasteiger partial charge >= 0.3 is 6.18 Å². The Morgan fingerprint density at radius 2 is 1.91 bits per heavy atom. The van der Waals surface area contributed by atoms with Crippen molar-refractivity contribution in [2.45, 2.75) is 13.1 Å². The monoisotopic (exact) mass is 342 g/mol. The zero-order valence-corrected chi connectivity index (χ0v) is 12.8. The van der Waals surface area contributed by atoms with E-state index in [0.717, 1.165) is 16.9 Å². The van der Waals surface area contributed by atoms with Crippen LogP contribution in [0.5, 0.6) is 5.75 Å². The molecule has 0 amide bonds. The Hall–Kier alpha value is -2.35. The number of aromatic nitrogens is 4. The normalized spacial score (nSPS) is 11.9. The molecule has 0 aliphatic rings. The van der Waals surface area contributed by atoms with Crippen LogP contribution in [0.3, 0.4) is 0 Å². The second kappa shape index (κ2) is 5.38. The molecule has 0 saturated carbocycles. The lowest BCUT2D eigenvalue weighted by Crippen LogP contribution is -2.09. The highest BCUT2D eigenvalue weighted by molar-refractivity contribution is 6.36. The molecule has 2 heterocycles. The van der Waals surface area contributed by atoms with Crippen molar-refractivity contribution < 1.29 is 17.9 Å². The molecule has 0 atom stereocenters. The Bertz CT molecular complexity index is 892. The van der Waals surface area contributed by atoms with E-state index in [4.69, 9.17) is 16.3 Å². The number of rotatable bonds is 2. The SMILES string of the molecule is COc1ccc2c(C)nc(-n3ccc(C(F)(F)F)n3)nc2c1Cl. The largest absolute Gasteiger partial charge is 0.495 e. The van der Waals surface area contributed by atoms with Crippen molar-refractivity contribution in [1.29, 1.82) is 0 Å². The number of benzene rings is 1. The smallest absolute Gasteiger partial charge is 0.435 e. The Morgan fingerprint density at radius 1 is 1.17 bits per heavy atom. The van der Waals surface area contributed by atoms with Crippen LogP contribution in [0.15, 0.2) is 24.4 Å². The summed E-state index contributed by atoms with van der Waals surface area (Å²) >= 11 is 6.23. The summed E-state index contributed by atoms with van der Waals surface area (Å²) in [5.41, 5.74) is -0.0632. The maximum absolute atomic E-state index is 12.7. The van der Waals surface area contributed by atoms with Crippen molar-refractivity contribution >= 4 is 22.5 Å². The summed E-state index contributed by atoms with van der Waals surface area (Å²) in [5.74, 6) is 0.417. The molecule has 3 aromatic rings. The van der Waals surface area contributed by atoms with Crippen molar-refractivity contribution in [3.05, 3.63) is 40.8 Å². The summed E-state index contributed by atoms with van der Waals surface area (Å²) < 4.78 is 44.1. The summed E-state index contributed by atoms with van der Waals surface area (Å²) in [6, 6.07) is 4.27. The molecular weight excluding hydrogens is 333 g/mol. The molecule has 0 aliphatic heterocycles. The number of ether oxygens (including phenoxy) is 1. The zero-order chi connectivity index (χ0) is 16.8. The predicted molar refractivity (Wildman–Crippen MR) is 78.0 cm³/mol. The van der Waals surface area contributed by atoms with Gasteiger partial charge in [0, 0.05) is 11.6 Å². The van der Waals surface area contributed by atoms with Crippen LogP contribution in [0, 0.1) is 6.92 Å². The number of nitrogens with zero attached hydrogens (tertiary/aromatic N) is 4. The summed E-state index contributed by atoms with van der Waals surface area (Å²) in [4.78, 5) is 8.41. The molecule has 5 nitrogen and oxygen atoms in total. The summed E-state index contributed by atoms with van der Waals surface area (Å²) in [5, 5.41) is 4.41. The van der Waals surface area contributed by atoms with E-state index >= 15 is 0 Å². The van der Waals surface area contributed by atoms with Gasteiger partial charge in [-0.25, -0.2) is 14.6 Å². The molecule has 0 N–H and O–H groups in total. The molecule has 3 rings (SSSR count). The Balaban J connectivity index is 2.19. The van der Waals surface area contributed by atoms with Crippen LogP contribution in [0.1, 0.15) is 11.4 Å². The van der Waals surface area contributed by atoms with E-state index in [0.29, 0.717) is 22.3 Å². The quantitative estimate of drug-likeness (QED) is 0.710. The third-order valence-electron chi connectivity index (χ3n) is 3.25. The minimum absolute atomic E-state index is 0.000605. The first-order valence-electron chi connectivity index (χ1n) is 6.45. The lowest BCUT2D eigenvalue weighted by Gasteiger charge is -2.09. The van der Waals surface area contributed by atoms with Gasteiger partial charge in [-0.2, -0.15) is 18.3 Å². The average molecular weight is 343 g/mol. The maximum atomic E-state index is 12.7. The number of hydrogen-bond donors (Lipinski definition) is 0. The van der Waals surface area contributed by atoms with Crippen LogP contribution < -0.4 is 4.74 Å². The van der Waals surface area contributed by atoms with Crippen LogP contribution in [0.25, 0.3) is 16.9 Å². The molecule has 0 fully saturated rings. The number of alkyl halides is 3. The minimum Gasteiger partial charge on any atom is -0.495 e. The first kappa shape index (κ1) is 15.5. The topological polar surface area (TPSA) is 52.8 Å². The van der Waals surface area contributed by atoms with Gasteiger partial charge < -0.3 is 4.74 Å². The number of fused-ring (bicyclic) bond motifs is 1. The molecule has 1 aromatic carbocycles. The van der Waals surface area contributed by atoms with E-state index in [1.54, 1.807) is 19.1 Å². The molecule has 2 aromatic heterocycles. The van der Waals surface area contributed by atoms with Gasteiger partial charge in [-0.1, -0.05) is 11.6 Å². The summed E-state index contributed by atoms with van der Waals surface area (Å²) in [7, 11) is 1.46. The van der Waals surface area contributed by atoms with Crippen molar-refractivity contribution in [2.24, 2.45) is 0 Å². The molecule has 0 bridgehead atoms. The van der Waals surface area contributed by atoms with Crippen LogP contribution in [-0.2, 0) is 6.18 Å². The molecule has 0 unspecified atom stereocenters. The molecule has 0 spiro atoms. The van der Waals surface area contributed by atoms with Crippen molar-refractivity contribution in [1.82, 2.24) is 19.7 Å². The zero-order valence-electron chi connectivity index (χ0n) is 12.0. The summed E-state index contributed by atoms with van der Waals surface area (Å²) in [6.07, 6.45) is -3.38. The van der Waals surface area contributed by atoms with Gasteiger partial charge in [0.2, 0.25) is 0 Å². The van der Waals surface area contributed by atoms with Gasteiger partial charge in [0.15, 0.2) is 5.69 Å². The van der Waals surface area contributed by atoms with Gasteiger partial charge in [-0.15, -0.1) is 0 Å². The molecule has 23 heavy (non-hydrogen) atoms. The van der Waals surface area contributed by atoms with E-state index in [1.807, 2.05) is 0 Å². The number of methoxy groups -OCH3 is 1. The molecular formula is C14H10ClF3N4O. The standard InChI is InChI=1S/C14H10ClF3N4O/c1-7-8-3-4-9(23-2)11(15)12(8)20-13(19-7)22-6-5-10(21-22)14(16,17)18/h3-6H,1-2H3. The highest BCUT2D eigenvalue weighted by Gasteiger charge is 2.33. The highest BCUT2D eigenvalue weighted by atomic mass is 35.5. The van der Waals surface area contributed by atoms with Crippen molar-refractivity contribution in [3.8, 4) is 11.7 Å². The lowest BCUT2D eigenvalue weighted by atomic mass is 10.2. The molecule has 120 valence electrons. The highest BCUT2D eigenvalue weighted by Crippen LogP contribution is 2.33. The van der Waals surface area contributed by atoms with Gasteiger partial charge in [0.25, 0.3) is 5.95 Å². The van der Waals surface area contributed by atoms with Crippen LogP contribution >= 0.6 is 11.6 Å². The van der Waals surface area contributed by atoms with Gasteiger partial charge in [0.1, 0.15) is 10.8 Å². The van der Waals surface area contributed by atoms with E-state index in [1.165, 1.54) is 7.11 Å². The number of halogens is 4. The molecule has 0 aliphatic carbocycles. The van der Waals surface area contributed by atoms with E-state index < -0.39 is 11.9 Å².